The molecule has 0 bridgehead atoms. The summed E-state index contributed by atoms with van der Waals surface area (Å²) in [4.78, 5) is 4.05. The molecule has 1 aromatic carbocycles. The summed E-state index contributed by atoms with van der Waals surface area (Å²) >= 11 is 0. The van der Waals surface area contributed by atoms with Gasteiger partial charge in [-0.3, -0.25) is 4.98 Å². The molecule has 2 unspecified atom stereocenters. The lowest BCUT2D eigenvalue weighted by Gasteiger charge is -2.21. The van der Waals surface area contributed by atoms with Crippen molar-refractivity contribution in [2.24, 2.45) is 5.73 Å². The van der Waals surface area contributed by atoms with Gasteiger partial charge in [-0.25, -0.2) is 0 Å². The molecule has 2 atom stereocenters. The van der Waals surface area contributed by atoms with Gasteiger partial charge >= 0.3 is 0 Å². The Kier molecular flexibility index (Phi) is 4.74. The summed E-state index contributed by atoms with van der Waals surface area (Å²) < 4.78 is 5.72. The van der Waals surface area contributed by atoms with E-state index < -0.39 is 0 Å². The molecule has 2 N–H and O–H groups in total. The fourth-order valence-corrected chi connectivity index (χ4v) is 2.23. The molecule has 0 amide bonds. The molecule has 1 aromatic heterocycles. The van der Waals surface area contributed by atoms with Gasteiger partial charge in [0, 0.05) is 24.4 Å². The molecular weight excluding hydrogens is 248 g/mol. The van der Waals surface area contributed by atoms with Crippen molar-refractivity contribution in [1.82, 2.24) is 4.98 Å². The van der Waals surface area contributed by atoms with Crippen molar-refractivity contribution in [3.8, 4) is 5.75 Å². The molecule has 3 heteroatoms. The highest BCUT2D eigenvalue weighted by Crippen LogP contribution is 2.30. The molecule has 0 spiro atoms. The van der Waals surface area contributed by atoms with Crippen LogP contribution in [0.5, 0.6) is 5.75 Å². The predicted octanol–water partition coefficient (Wildman–Crippen LogP) is 3.67. The second kappa shape index (κ2) is 6.53. The molecular formula is C17H22N2O. The lowest BCUT2D eigenvalue weighted by atomic mass is 9.90. The van der Waals surface area contributed by atoms with Gasteiger partial charge < -0.3 is 10.5 Å². The summed E-state index contributed by atoms with van der Waals surface area (Å²) in [5.41, 5.74) is 8.68. The van der Waals surface area contributed by atoms with E-state index in [1.807, 2.05) is 44.2 Å². The molecule has 2 rings (SSSR count). The highest BCUT2D eigenvalue weighted by Gasteiger charge is 2.17. The number of aromatic nitrogens is 1. The summed E-state index contributed by atoms with van der Waals surface area (Å²) in [5.74, 6) is 1.10. The van der Waals surface area contributed by atoms with Gasteiger partial charge in [-0.05, 0) is 49.2 Å². The number of ether oxygens (including phenoxy) is 1. The Bertz CT molecular complexity index is 540. The predicted molar refractivity (Wildman–Crippen MR) is 81.8 cm³/mol. The summed E-state index contributed by atoms with van der Waals surface area (Å²) in [6.07, 6.45) is 3.77. The molecule has 106 valence electrons. The van der Waals surface area contributed by atoms with Crippen LogP contribution in [0.2, 0.25) is 0 Å². The molecule has 2 aromatic rings. The largest absolute Gasteiger partial charge is 0.491 e. The smallest absolute Gasteiger partial charge is 0.120 e. The first kappa shape index (κ1) is 14.5. The van der Waals surface area contributed by atoms with Crippen LogP contribution in [0.3, 0.4) is 0 Å². The Morgan fingerprint density at radius 3 is 2.35 bits per heavy atom. The zero-order chi connectivity index (χ0) is 14.5. The number of hydrogen-bond acceptors (Lipinski definition) is 3. The number of pyridine rings is 1. The molecule has 0 fully saturated rings. The van der Waals surface area contributed by atoms with E-state index in [4.69, 9.17) is 10.5 Å². The second-order valence-corrected chi connectivity index (χ2v) is 5.33. The highest BCUT2D eigenvalue weighted by molar-refractivity contribution is 5.33. The average molecular weight is 270 g/mol. The van der Waals surface area contributed by atoms with Crippen molar-refractivity contribution in [2.45, 2.75) is 38.8 Å². The molecule has 3 nitrogen and oxygen atoms in total. The van der Waals surface area contributed by atoms with Crippen LogP contribution in [-0.2, 0) is 0 Å². The quantitative estimate of drug-likeness (QED) is 0.901. The maximum absolute atomic E-state index is 6.39. The maximum Gasteiger partial charge on any atom is 0.120 e. The Morgan fingerprint density at radius 1 is 1.00 bits per heavy atom. The van der Waals surface area contributed by atoms with Gasteiger partial charge in [-0.15, -0.1) is 0 Å². The molecule has 0 saturated heterocycles. The van der Waals surface area contributed by atoms with Crippen LogP contribution in [0.15, 0.2) is 48.8 Å². The number of nitrogens with two attached hydrogens (primary N) is 1. The van der Waals surface area contributed by atoms with Gasteiger partial charge in [0.1, 0.15) is 5.75 Å². The number of rotatable bonds is 5. The standard InChI is InChI=1S/C17H22N2O/c1-12(2)20-16-6-4-5-15(11-16)17(18)13(3)14-7-9-19-10-8-14/h4-13,17H,18H2,1-3H3. The molecule has 0 aliphatic carbocycles. The zero-order valence-corrected chi connectivity index (χ0v) is 12.3. The third kappa shape index (κ3) is 3.58. The highest BCUT2D eigenvalue weighted by atomic mass is 16.5. The van der Waals surface area contributed by atoms with Crippen molar-refractivity contribution < 1.29 is 4.74 Å². The topological polar surface area (TPSA) is 48.1 Å². The normalized spacial score (nSPS) is 14.1. The van der Waals surface area contributed by atoms with Crippen LogP contribution in [0, 0.1) is 0 Å². The molecule has 0 radical (unpaired) electrons. The van der Waals surface area contributed by atoms with E-state index in [1.165, 1.54) is 5.56 Å². The van der Waals surface area contributed by atoms with Crippen molar-refractivity contribution >= 4 is 0 Å². The Hall–Kier alpha value is -1.87. The third-order valence-corrected chi connectivity index (χ3v) is 3.39. The molecule has 0 aliphatic rings. The minimum atomic E-state index is -0.0619. The lowest BCUT2D eigenvalue weighted by Crippen LogP contribution is -2.18. The summed E-state index contributed by atoms with van der Waals surface area (Å²) in [5, 5.41) is 0. The number of hydrogen-bond donors (Lipinski definition) is 1. The van der Waals surface area contributed by atoms with Crippen LogP contribution in [0.25, 0.3) is 0 Å². The van der Waals surface area contributed by atoms with E-state index in [-0.39, 0.29) is 18.1 Å². The first-order valence-corrected chi connectivity index (χ1v) is 7.00. The van der Waals surface area contributed by atoms with Crippen LogP contribution in [-0.4, -0.2) is 11.1 Å². The fraction of sp³-hybridized carbons (Fsp3) is 0.353. The summed E-state index contributed by atoms with van der Waals surface area (Å²) in [6, 6.07) is 12.0. The van der Waals surface area contributed by atoms with Gasteiger partial charge in [0.15, 0.2) is 0 Å². The van der Waals surface area contributed by atoms with E-state index in [0.29, 0.717) is 0 Å². The van der Waals surface area contributed by atoms with Crippen LogP contribution >= 0.6 is 0 Å². The summed E-state index contributed by atoms with van der Waals surface area (Å²) in [6.45, 7) is 6.17. The average Bonchev–Trinajstić information content (AvgIpc) is 2.46. The Labute approximate surface area is 120 Å². The van der Waals surface area contributed by atoms with Crippen LogP contribution in [0.4, 0.5) is 0 Å². The SMILES string of the molecule is CC(C)Oc1cccc(C(N)C(C)c2ccncc2)c1. The first-order valence-electron chi connectivity index (χ1n) is 7.00. The summed E-state index contributed by atoms with van der Waals surface area (Å²) in [7, 11) is 0. The lowest BCUT2D eigenvalue weighted by molar-refractivity contribution is 0.242. The van der Waals surface area contributed by atoms with Gasteiger partial charge in [0.25, 0.3) is 0 Å². The maximum atomic E-state index is 6.39. The van der Waals surface area contributed by atoms with Gasteiger partial charge in [0.2, 0.25) is 0 Å². The molecule has 1 heterocycles. The van der Waals surface area contributed by atoms with Gasteiger partial charge in [0.05, 0.1) is 6.10 Å². The number of benzene rings is 1. The van der Waals surface area contributed by atoms with Crippen molar-refractivity contribution in [1.29, 1.82) is 0 Å². The van der Waals surface area contributed by atoms with E-state index >= 15 is 0 Å². The van der Waals surface area contributed by atoms with E-state index in [1.54, 1.807) is 12.4 Å². The van der Waals surface area contributed by atoms with Crippen molar-refractivity contribution in [3.63, 3.8) is 0 Å². The second-order valence-electron chi connectivity index (χ2n) is 5.33. The Morgan fingerprint density at radius 2 is 1.70 bits per heavy atom. The molecule has 20 heavy (non-hydrogen) atoms. The van der Waals surface area contributed by atoms with E-state index in [9.17, 15) is 0 Å². The van der Waals surface area contributed by atoms with E-state index in [2.05, 4.69) is 18.0 Å². The molecule has 0 aliphatic heterocycles. The number of nitrogens with zero attached hydrogens (tertiary/aromatic N) is 1. The van der Waals surface area contributed by atoms with E-state index in [0.717, 1.165) is 11.3 Å². The Balaban J connectivity index is 2.18. The van der Waals surface area contributed by atoms with Gasteiger partial charge in [-0.1, -0.05) is 19.1 Å². The monoisotopic (exact) mass is 270 g/mol. The minimum Gasteiger partial charge on any atom is -0.491 e. The third-order valence-electron chi connectivity index (χ3n) is 3.39. The van der Waals surface area contributed by atoms with Crippen LogP contribution in [0.1, 0.15) is 43.9 Å². The van der Waals surface area contributed by atoms with Crippen molar-refractivity contribution in [3.05, 3.63) is 59.9 Å². The first-order chi connectivity index (χ1) is 9.58. The zero-order valence-electron chi connectivity index (χ0n) is 12.3. The minimum absolute atomic E-state index is 0.0619. The molecule has 0 saturated carbocycles. The van der Waals surface area contributed by atoms with Crippen LogP contribution < -0.4 is 10.5 Å². The fourth-order valence-electron chi connectivity index (χ4n) is 2.23. The van der Waals surface area contributed by atoms with Gasteiger partial charge in [-0.2, -0.15) is 0 Å². The van der Waals surface area contributed by atoms with Crippen molar-refractivity contribution in [2.75, 3.05) is 0 Å².